The Morgan fingerprint density at radius 2 is 1.86 bits per heavy atom. The Labute approximate surface area is 131 Å². The van der Waals surface area contributed by atoms with Crippen molar-refractivity contribution in [2.45, 2.75) is 39.2 Å². The van der Waals surface area contributed by atoms with Crippen LogP contribution in [-0.2, 0) is 0 Å². The van der Waals surface area contributed by atoms with Gasteiger partial charge in [0.1, 0.15) is 0 Å². The van der Waals surface area contributed by atoms with Crippen LogP contribution in [0.4, 0.5) is 11.4 Å². The molecule has 21 heavy (non-hydrogen) atoms. The Hall–Kier alpha value is -1.55. The highest BCUT2D eigenvalue weighted by atomic mass is 32.1. The molecule has 1 aromatic heterocycles. The zero-order valence-electron chi connectivity index (χ0n) is 12.8. The van der Waals surface area contributed by atoms with Gasteiger partial charge in [-0.15, -0.1) is 11.3 Å². The smallest absolute Gasteiger partial charge is 0.0798 e. The Morgan fingerprint density at radius 3 is 2.48 bits per heavy atom. The van der Waals surface area contributed by atoms with Crippen molar-refractivity contribution in [2.75, 3.05) is 23.3 Å². The fraction of sp³-hybridized carbons (Fsp3) is 0.471. The molecule has 4 heteroatoms. The van der Waals surface area contributed by atoms with Crippen LogP contribution in [-0.4, -0.2) is 18.1 Å². The lowest BCUT2D eigenvalue weighted by Crippen LogP contribution is -2.29. The Kier molecular flexibility index (Phi) is 4.44. The number of benzene rings is 1. The maximum Gasteiger partial charge on any atom is 0.0798 e. The molecular formula is C17H23N3S. The number of nitrogens with one attached hydrogen (secondary N) is 1. The molecule has 0 bridgehead atoms. The first kappa shape index (κ1) is 14.4. The van der Waals surface area contributed by atoms with Crippen molar-refractivity contribution in [3.63, 3.8) is 0 Å². The van der Waals surface area contributed by atoms with E-state index in [1.807, 2.05) is 5.51 Å². The Balaban J connectivity index is 1.65. The summed E-state index contributed by atoms with van der Waals surface area (Å²) in [6.07, 6.45) is 4.02. The van der Waals surface area contributed by atoms with Crippen LogP contribution >= 0.6 is 11.3 Å². The Morgan fingerprint density at radius 1 is 1.14 bits per heavy atom. The number of aromatic nitrogens is 1. The standard InChI is InChI=1S/C17H23N3S/c1-13-17(21-12-18-13)14(2)19-15-6-8-16(9-7-15)20-10-4-3-5-11-20/h6-9,12,14,19H,3-5,10-11H2,1-2H3. The fourth-order valence-electron chi connectivity index (χ4n) is 2.96. The van der Waals surface area contributed by atoms with E-state index in [0.717, 1.165) is 5.69 Å². The molecule has 3 nitrogen and oxygen atoms in total. The van der Waals surface area contributed by atoms with Crippen molar-refractivity contribution < 1.29 is 0 Å². The quantitative estimate of drug-likeness (QED) is 0.893. The van der Waals surface area contributed by atoms with Crippen LogP contribution in [0.25, 0.3) is 0 Å². The maximum atomic E-state index is 4.33. The minimum absolute atomic E-state index is 0.304. The van der Waals surface area contributed by atoms with Crippen molar-refractivity contribution in [1.82, 2.24) is 4.98 Å². The monoisotopic (exact) mass is 301 g/mol. The van der Waals surface area contributed by atoms with Gasteiger partial charge in [-0.05, 0) is 57.4 Å². The first-order valence-corrected chi connectivity index (χ1v) is 8.63. The van der Waals surface area contributed by atoms with Gasteiger partial charge in [-0.3, -0.25) is 0 Å². The van der Waals surface area contributed by atoms with Gasteiger partial charge >= 0.3 is 0 Å². The molecule has 1 atom stereocenters. The second-order valence-electron chi connectivity index (χ2n) is 5.76. The van der Waals surface area contributed by atoms with Gasteiger partial charge in [-0.25, -0.2) is 4.98 Å². The molecule has 1 N–H and O–H groups in total. The summed E-state index contributed by atoms with van der Waals surface area (Å²) < 4.78 is 0. The number of thiazole rings is 1. The van der Waals surface area contributed by atoms with Crippen molar-refractivity contribution in [3.8, 4) is 0 Å². The molecule has 2 heterocycles. The van der Waals surface area contributed by atoms with Crippen molar-refractivity contribution in [1.29, 1.82) is 0 Å². The van der Waals surface area contributed by atoms with Crippen LogP contribution in [0.5, 0.6) is 0 Å². The predicted octanol–water partition coefficient (Wildman–Crippen LogP) is 4.61. The van der Waals surface area contributed by atoms with E-state index in [1.165, 1.54) is 48.6 Å². The molecule has 0 saturated carbocycles. The molecule has 1 fully saturated rings. The normalized spacial score (nSPS) is 16.8. The van der Waals surface area contributed by atoms with Gasteiger partial charge in [0, 0.05) is 29.3 Å². The van der Waals surface area contributed by atoms with Gasteiger partial charge in [0.15, 0.2) is 0 Å². The van der Waals surface area contributed by atoms with E-state index >= 15 is 0 Å². The summed E-state index contributed by atoms with van der Waals surface area (Å²) in [5.74, 6) is 0. The summed E-state index contributed by atoms with van der Waals surface area (Å²) in [4.78, 5) is 8.13. The van der Waals surface area contributed by atoms with E-state index in [0.29, 0.717) is 6.04 Å². The van der Waals surface area contributed by atoms with Crippen molar-refractivity contribution in [3.05, 3.63) is 40.3 Å². The molecule has 1 unspecified atom stereocenters. The topological polar surface area (TPSA) is 28.2 Å². The average Bonchev–Trinajstić information content (AvgIpc) is 2.95. The number of rotatable bonds is 4. The molecule has 0 aliphatic carbocycles. The van der Waals surface area contributed by atoms with E-state index in [-0.39, 0.29) is 0 Å². The molecule has 0 spiro atoms. The second kappa shape index (κ2) is 6.48. The van der Waals surface area contributed by atoms with E-state index in [1.54, 1.807) is 11.3 Å². The number of piperidine rings is 1. The maximum absolute atomic E-state index is 4.33. The molecule has 1 aliphatic heterocycles. The zero-order chi connectivity index (χ0) is 14.7. The fourth-order valence-corrected chi connectivity index (χ4v) is 3.77. The van der Waals surface area contributed by atoms with Crippen LogP contribution in [0, 0.1) is 6.92 Å². The molecule has 112 valence electrons. The van der Waals surface area contributed by atoms with Crippen LogP contribution in [0.3, 0.4) is 0 Å². The predicted molar refractivity (Wildman–Crippen MR) is 91.4 cm³/mol. The molecular weight excluding hydrogens is 278 g/mol. The van der Waals surface area contributed by atoms with Crippen LogP contribution in [0.1, 0.15) is 42.8 Å². The average molecular weight is 301 g/mol. The molecule has 3 rings (SSSR count). The summed E-state index contributed by atoms with van der Waals surface area (Å²) in [7, 11) is 0. The van der Waals surface area contributed by atoms with Gasteiger partial charge in [-0.1, -0.05) is 0 Å². The van der Waals surface area contributed by atoms with Crippen LogP contribution < -0.4 is 10.2 Å². The highest BCUT2D eigenvalue weighted by molar-refractivity contribution is 7.09. The summed E-state index contributed by atoms with van der Waals surface area (Å²) >= 11 is 1.72. The zero-order valence-corrected chi connectivity index (χ0v) is 13.6. The van der Waals surface area contributed by atoms with E-state index in [9.17, 15) is 0 Å². The number of anilines is 2. The van der Waals surface area contributed by atoms with Gasteiger partial charge in [0.25, 0.3) is 0 Å². The SMILES string of the molecule is Cc1ncsc1C(C)Nc1ccc(N2CCCCC2)cc1. The van der Waals surface area contributed by atoms with Crippen molar-refractivity contribution >= 4 is 22.7 Å². The van der Waals surface area contributed by atoms with Crippen LogP contribution in [0.2, 0.25) is 0 Å². The lowest BCUT2D eigenvalue weighted by Gasteiger charge is -2.29. The van der Waals surface area contributed by atoms with E-state index < -0.39 is 0 Å². The largest absolute Gasteiger partial charge is 0.378 e. The summed E-state index contributed by atoms with van der Waals surface area (Å²) in [5.41, 5.74) is 5.57. The number of nitrogens with zero attached hydrogens (tertiary/aromatic N) is 2. The summed E-state index contributed by atoms with van der Waals surface area (Å²) in [6, 6.07) is 9.16. The summed E-state index contributed by atoms with van der Waals surface area (Å²) in [5, 5.41) is 3.57. The highest BCUT2D eigenvalue weighted by Gasteiger charge is 2.12. The number of hydrogen-bond acceptors (Lipinski definition) is 4. The Bertz CT molecular complexity index is 570. The lowest BCUT2D eigenvalue weighted by molar-refractivity contribution is 0.578. The minimum Gasteiger partial charge on any atom is -0.378 e. The van der Waals surface area contributed by atoms with Gasteiger partial charge in [-0.2, -0.15) is 0 Å². The first-order chi connectivity index (χ1) is 10.2. The molecule has 1 aromatic carbocycles. The molecule has 0 amide bonds. The third-order valence-electron chi connectivity index (χ3n) is 4.15. The van der Waals surface area contributed by atoms with Crippen LogP contribution in [0.15, 0.2) is 29.8 Å². The first-order valence-electron chi connectivity index (χ1n) is 7.75. The minimum atomic E-state index is 0.304. The van der Waals surface area contributed by atoms with Crippen molar-refractivity contribution in [2.24, 2.45) is 0 Å². The lowest BCUT2D eigenvalue weighted by atomic mass is 10.1. The number of hydrogen-bond donors (Lipinski definition) is 1. The number of aryl methyl sites for hydroxylation is 1. The van der Waals surface area contributed by atoms with E-state index in [4.69, 9.17) is 0 Å². The highest BCUT2D eigenvalue weighted by Crippen LogP contribution is 2.27. The van der Waals surface area contributed by atoms with Gasteiger partial charge in [0.2, 0.25) is 0 Å². The molecule has 1 saturated heterocycles. The van der Waals surface area contributed by atoms with Gasteiger partial charge in [0.05, 0.1) is 17.2 Å². The molecule has 2 aromatic rings. The third kappa shape index (κ3) is 3.38. The second-order valence-corrected chi connectivity index (χ2v) is 6.65. The van der Waals surface area contributed by atoms with E-state index in [2.05, 4.69) is 53.3 Å². The third-order valence-corrected chi connectivity index (χ3v) is 5.26. The molecule has 1 aliphatic rings. The molecule has 0 radical (unpaired) electrons. The summed E-state index contributed by atoms with van der Waals surface area (Å²) in [6.45, 7) is 6.66. The van der Waals surface area contributed by atoms with Gasteiger partial charge < -0.3 is 10.2 Å².